The number of likely N-dealkylation sites (tertiary alicyclic amines) is 1. The van der Waals surface area contributed by atoms with Crippen molar-refractivity contribution in [2.45, 2.75) is 74.6 Å². The summed E-state index contributed by atoms with van der Waals surface area (Å²) >= 11 is 0. The monoisotopic (exact) mass is 479 g/mol. The van der Waals surface area contributed by atoms with Crippen molar-refractivity contribution in [1.29, 1.82) is 0 Å². The molecule has 7 bridgehead atoms. The maximum absolute atomic E-state index is 6.96. The fourth-order valence-corrected chi connectivity index (χ4v) is 11.6. The summed E-state index contributed by atoms with van der Waals surface area (Å²) in [6.07, 6.45) is 5.51. The summed E-state index contributed by atoms with van der Waals surface area (Å²) in [6.45, 7) is 5.23. The van der Waals surface area contributed by atoms with E-state index in [0.717, 1.165) is 51.8 Å². The predicted molar refractivity (Wildman–Crippen MR) is 127 cm³/mol. The lowest BCUT2D eigenvalue weighted by Gasteiger charge is -2.73. The highest BCUT2D eigenvalue weighted by molar-refractivity contribution is 5.39. The number of ether oxygens (including phenoxy) is 6. The maximum Gasteiger partial charge on any atom is 0.0862 e. The van der Waals surface area contributed by atoms with E-state index in [0.29, 0.717) is 23.8 Å². The van der Waals surface area contributed by atoms with Gasteiger partial charge in [-0.05, 0) is 38.1 Å². The quantitative estimate of drug-likeness (QED) is 0.530. The van der Waals surface area contributed by atoms with Crippen LogP contribution in [0.5, 0.6) is 0 Å². The molecule has 5 aliphatic carbocycles. The van der Waals surface area contributed by atoms with E-state index < -0.39 is 5.60 Å². The van der Waals surface area contributed by atoms with Crippen LogP contribution in [0.1, 0.15) is 39.0 Å². The smallest absolute Gasteiger partial charge is 0.0862 e. The second kappa shape index (κ2) is 7.86. The van der Waals surface area contributed by atoms with E-state index in [2.05, 4.69) is 11.8 Å². The molecule has 0 aromatic heterocycles. The van der Waals surface area contributed by atoms with Gasteiger partial charge < -0.3 is 28.4 Å². The lowest BCUT2D eigenvalue weighted by atomic mass is 9.41. The lowest BCUT2D eigenvalue weighted by Crippen LogP contribution is -2.82. The number of piperidine rings is 1. The minimum atomic E-state index is -0.391. The highest BCUT2D eigenvalue weighted by Crippen LogP contribution is 2.81. The molecule has 194 valence electrons. The van der Waals surface area contributed by atoms with Gasteiger partial charge in [0.25, 0.3) is 0 Å². The number of hydrogen-bond acceptors (Lipinski definition) is 7. The highest BCUT2D eigenvalue weighted by Gasteiger charge is 2.89. The Kier molecular flexibility index (Phi) is 5.57. The number of fused-ring (bicyclic) bond motifs is 2. The molecular formula is C27H45NO6. The molecule has 0 amide bonds. The van der Waals surface area contributed by atoms with Crippen molar-refractivity contribution in [2.75, 3.05) is 62.4 Å². The third kappa shape index (κ3) is 2.31. The average Bonchev–Trinajstić information content (AvgIpc) is 3.30. The van der Waals surface area contributed by atoms with Crippen LogP contribution in [-0.4, -0.2) is 103 Å². The minimum Gasteiger partial charge on any atom is -0.384 e. The van der Waals surface area contributed by atoms with Gasteiger partial charge in [0.1, 0.15) is 0 Å². The first-order chi connectivity index (χ1) is 16.4. The van der Waals surface area contributed by atoms with Gasteiger partial charge in [0, 0.05) is 90.2 Å². The predicted octanol–water partition coefficient (Wildman–Crippen LogP) is 2.61. The van der Waals surface area contributed by atoms with Gasteiger partial charge in [-0.1, -0.05) is 6.92 Å². The van der Waals surface area contributed by atoms with E-state index in [4.69, 9.17) is 28.4 Å². The summed E-state index contributed by atoms with van der Waals surface area (Å²) in [5.41, 5.74) is -0.733. The highest BCUT2D eigenvalue weighted by atomic mass is 16.5. The Labute approximate surface area is 205 Å². The number of nitrogens with zero attached hydrogens (tertiary/aromatic N) is 1. The largest absolute Gasteiger partial charge is 0.384 e. The lowest BCUT2D eigenvalue weighted by molar-refractivity contribution is -0.338. The number of hydrogen-bond donors (Lipinski definition) is 0. The maximum atomic E-state index is 6.96. The molecule has 0 aromatic rings. The van der Waals surface area contributed by atoms with Crippen LogP contribution in [0.2, 0.25) is 0 Å². The fraction of sp³-hybridized carbons (Fsp3) is 1.00. The summed E-state index contributed by atoms with van der Waals surface area (Å²) in [4.78, 5) is 2.77. The van der Waals surface area contributed by atoms with E-state index in [-0.39, 0.29) is 40.7 Å². The zero-order valence-electron chi connectivity index (χ0n) is 22.2. The van der Waals surface area contributed by atoms with E-state index >= 15 is 0 Å². The normalized spacial score (nSPS) is 57.3. The molecule has 7 nitrogen and oxygen atoms in total. The van der Waals surface area contributed by atoms with Gasteiger partial charge >= 0.3 is 0 Å². The SMILES string of the molecule is CCN1C[C@]2(COC)CC[C@H](OC)[C@]34C1[C@H](C[C@H]23)[C@@]1(OC)C[C@H](OC)[C@H]2C[C@]4(OC)[C@@H]1[C@H]2OC. The van der Waals surface area contributed by atoms with Gasteiger partial charge in [0.05, 0.1) is 36.1 Å². The molecule has 6 rings (SSSR count). The molecule has 0 radical (unpaired) electrons. The van der Waals surface area contributed by atoms with Crippen molar-refractivity contribution < 1.29 is 28.4 Å². The molecule has 0 N–H and O–H groups in total. The fourth-order valence-electron chi connectivity index (χ4n) is 11.6. The van der Waals surface area contributed by atoms with Crippen LogP contribution in [0.25, 0.3) is 0 Å². The average molecular weight is 480 g/mol. The molecule has 5 saturated carbocycles. The van der Waals surface area contributed by atoms with Gasteiger partial charge in [-0.25, -0.2) is 0 Å². The van der Waals surface area contributed by atoms with Crippen LogP contribution < -0.4 is 0 Å². The Morgan fingerprint density at radius 2 is 1.74 bits per heavy atom. The summed E-state index contributed by atoms with van der Waals surface area (Å²) in [5, 5.41) is 0. The summed E-state index contributed by atoms with van der Waals surface area (Å²) in [5.74, 6) is 1.32. The van der Waals surface area contributed by atoms with Gasteiger partial charge in [0.15, 0.2) is 0 Å². The molecule has 1 unspecified atom stereocenters. The van der Waals surface area contributed by atoms with Crippen LogP contribution in [0.3, 0.4) is 0 Å². The van der Waals surface area contributed by atoms with Gasteiger partial charge in [-0.15, -0.1) is 0 Å². The van der Waals surface area contributed by atoms with E-state index in [1.807, 2.05) is 42.7 Å². The first kappa shape index (κ1) is 24.1. The Balaban J connectivity index is 1.67. The Hall–Kier alpha value is -0.280. The number of rotatable bonds is 8. The molecule has 12 atom stereocenters. The second-order valence-corrected chi connectivity index (χ2v) is 12.2. The van der Waals surface area contributed by atoms with E-state index in [9.17, 15) is 0 Å². The van der Waals surface area contributed by atoms with Crippen LogP contribution >= 0.6 is 0 Å². The number of methoxy groups -OCH3 is 6. The molecule has 1 saturated heterocycles. The van der Waals surface area contributed by atoms with Crippen LogP contribution in [-0.2, 0) is 28.4 Å². The first-order valence-electron chi connectivity index (χ1n) is 13.4. The molecular weight excluding hydrogens is 434 g/mol. The van der Waals surface area contributed by atoms with Gasteiger partial charge in [-0.3, -0.25) is 4.90 Å². The third-order valence-corrected chi connectivity index (χ3v) is 12.1. The van der Waals surface area contributed by atoms with Crippen LogP contribution in [0.15, 0.2) is 0 Å². The standard InChI is InChI=1S/C27H45NO6/c1-8-28-14-24(15-29-2)10-9-20(31-4)27-19(24)11-17(23(27)28)25(33-6)13-18(30-3)16-12-26(27,34-7)22(25)21(16)32-5/h16-23H,8-15H2,1-7H3/t16-,17+,18+,19-,20+,21+,22-,23?,24+,25+,26+,27+/m1/s1. The zero-order chi connectivity index (χ0) is 24.1. The summed E-state index contributed by atoms with van der Waals surface area (Å²) < 4.78 is 38.8. The Bertz CT molecular complexity index is 812. The van der Waals surface area contributed by atoms with Crippen LogP contribution in [0, 0.1) is 34.5 Å². The van der Waals surface area contributed by atoms with Crippen molar-refractivity contribution in [2.24, 2.45) is 34.5 Å². The van der Waals surface area contributed by atoms with Gasteiger partial charge in [-0.2, -0.15) is 0 Å². The van der Waals surface area contributed by atoms with Crippen molar-refractivity contribution in [3.05, 3.63) is 0 Å². The van der Waals surface area contributed by atoms with E-state index in [1.54, 1.807) is 0 Å². The molecule has 34 heavy (non-hydrogen) atoms. The summed E-state index contributed by atoms with van der Waals surface area (Å²) in [6, 6.07) is 0.362. The first-order valence-corrected chi connectivity index (χ1v) is 13.4. The van der Waals surface area contributed by atoms with Crippen molar-refractivity contribution >= 4 is 0 Å². The molecule has 6 aliphatic rings. The van der Waals surface area contributed by atoms with Crippen LogP contribution in [0.4, 0.5) is 0 Å². The molecule has 1 aliphatic heterocycles. The second-order valence-electron chi connectivity index (χ2n) is 12.2. The summed E-state index contributed by atoms with van der Waals surface area (Å²) in [7, 11) is 11.4. The zero-order valence-corrected chi connectivity index (χ0v) is 22.2. The van der Waals surface area contributed by atoms with Crippen molar-refractivity contribution in [3.63, 3.8) is 0 Å². The minimum absolute atomic E-state index is 0.0587. The van der Waals surface area contributed by atoms with Crippen molar-refractivity contribution in [3.8, 4) is 0 Å². The molecule has 1 spiro atoms. The molecule has 7 heteroatoms. The molecule has 6 fully saturated rings. The van der Waals surface area contributed by atoms with Gasteiger partial charge in [0.2, 0.25) is 0 Å². The topological polar surface area (TPSA) is 58.6 Å². The van der Waals surface area contributed by atoms with Crippen molar-refractivity contribution in [1.82, 2.24) is 4.90 Å². The molecule has 0 aromatic carbocycles. The van der Waals surface area contributed by atoms with E-state index in [1.165, 1.54) is 0 Å². The Morgan fingerprint density at radius 3 is 2.32 bits per heavy atom. The Morgan fingerprint density at radius 1 is 0.941 bits per heavy atom. The third-order valence-electron chi connectivity index (χ3n) is 12.1. The molecule has 1 heterocycles.